The van der Waals surface area contributed by atoms with E-state index in [1.807, 2.05) is 0 Å². The summed E-state index contributed by atoms with van der Waals surface area (Å²) in [7, 11) is 2.67. The lowest BCUT2D eigenvalue weighted by molar-refractivity contribution is -0.120. The molecule has 1 aliphatic heterocycles. The van der Waals surface area contributed by atoms with Crippen molar-refractivity contribution in [1.82, 2.24) is 0 Å². The summed E-state index contributed by atoms with van der Waals surface area (Å²) in [5, 5.41) is 2.96. The highest BCUT2D eigenvalue weighted by atomic mass is 35.5. The van der Waals surface area contributed by atoms with Gasteiger partial charge in [-0.25, -0.2) is 9.69 Å². The molecule has 1 N–H and O–H groups in total. The zero-order valence-corrected chi connectivity index (χ0v) is 17.2. The van der Waals surface area contributed by atoms with Crippen molar-refractivity contribution in [2.75, 3.05) is 24.4 Å². The molecule has 0 spiro atoms. The topological polar surface area (TPSA) is 84.9 Å². The highest BCUT2D eigenvalue weighted by Gasteiger charge is 2.40. The predicted molar refractivity (Wildman–Crippen MR) is 110 cm³/mol. The second-order valence-electron chi connectivity index (χ2n) is 6.11. The van der Waals surface area contributed by atoms with Crippen LogP contribution in [0.2, 0.25) is 5.02 Å². The van der Waals surface area contributed by atoms with E-state index in [1.54, 1.807) is 31.2 Å². The number of nitrogens with one attached hydrogen (secondary N) is 1. The molecule has 0 aliphatic carbocycles. The van der Waals surface area contributed by atoms with Crippen molar-refractivity contribution in [3.05, 3.63) is 63.3 Å². The second-order valence-corrected chi connectivity index (χ2v) is 6.89. The van der Waals surface area contributed by atoms with Crippen LogP contribution in [0.25, 0.3) is 0 Å². The number of amides is 2. The van der Waals surface area contributed by atoms with Crippen molar-refractivity contribution in [2.24, 2.45) is 0 Å². The molecule has 0 atom stereocenters. The lowest BCUT2D eigenvalue weighted by Crippen LogP contribution is -2.32. The van der Waals surface area contributed by atoms with Gasteiger partial charge >= 0.3 is 5.97 Å². The summed E-state index contributed by atoms with van der Waals surface area (Å²) >= 11 is 12.3. The molecule has 1 aliphatic rings. The van der Waals surface area contributed by atoms with Crippen LogP contribution in [0.5, 0.6) is 5.75 Å². The largest absolute Gasteiger partial charge is 0.494 e. The van der Waals surface area contributed by atoms with Gasteiger partial charge in [0.15, 0.2) is 0 Å². The fraction of sp³-hybridized carbons (Fsp3) is 0.150. The zero-order valence-electron chi connectivity index (χ0n) is 15.7. The van der Waals surface area contributed by atoms with Crippen LogP contribution in [0.1, 0.15) is 15.9 Å². The molecule has 0 bridgehead atoms. The van der Waals surface area contributed by atoms with E-state index in [2.05, 4.69) is 10.1 Å². The minimum Gasteiger partial charge on any atom is -0.494 e. The van der Waals surface area contributed by atoms with Gasteiger partial charge in [-0.15, -0.1) is 0 Å². The Morgan fingerprint density at radius 3 is 2.45 bits per heavy atom. The average molecular weight is 435 g/mol. The van der Waals surface area contributed by atoms with Gasteiger partial charge in [0, 0.05) is 16.8 Å². The van der Waals surface area contributed by atoms with Crippen molar-refractivity contribution in [3.8, 4) is 5.75 Å². The van der Waals surface area contributed by atoms with Gasteiger partial charge in [-0.05, 0) is 36.8 Å². The van der Waals surface area contributed by atoms with Crippen LogP contribution in [-0.4, -0.2) is 32.0 Å². The summed E-state index contributed by atoms with van der Waals surface area (Å²) in [6, 6.07) is 9.36. The fourth-order valence-electron chi connectivity index (χ4n) is 2.80. The Hall–Kier alpha value is -3.03. The van der Waals surface area contributed by atoms with E-state index in [0.29, 0.717) is 16.3 Å². The number of halogens is 2. The molecule has 0 fully saturated rings. The number of aryl methyl sites for hydroxylation is 1. The molecule has 0 radical (unpaired) electrons. The number of anilines is 2. The molecular weight excluding hydrogens is 419 g/mol. The highest BCUT2D eigenvalue weighted by molar-refractivity contribution is 6.53. The summed E-state index contributed by atoms with van der Waals surface area (Å²) in [4.78, 5) is 38.3. The Morgan fingerprint density at radius 1 is 1.07 bits per heavy atom. The number of esters is 1. The highest BCUT2D eigenvalue weighted by Crippen LogP contribution is 2.38. The van der Waals surface area contributed by atoms with Crippen LogP contribution in [0.15, 0.2) is 47.1 Å². The minimum absolute atomic E-state index is 0.117. The van der Waals surface area contributed by atoms with Gasteiger partial charge in [0.2, 0.25) is 0 Å². The first kappa shape index (κ1) is 20.7. The van der Waals surface area contributed by atoms with E-state index in [4.69, 9.17) is 27.9 Å². The van der Waals surface area contributed by atoms with Crippen molar-refractivity contribution >= 4 is 52.4 Å². The fourth-order valence-corrected chi connectivity index (χ4v) is 3.17. The number of hydrogen-bond donors (Lipinski definition) is 1. The average Bonchev–Trinajstić information content (AvgIpc) is 2.92. The third-order valence-electron chi connectivity index (χ3n) is 4.28. The Balaban J connectivity index is 1.96. The molecule has 2 amide bonds. The third-order valence-corrected chi connectivity index (χ3v) is 5.04. The second kappa shape index (κ2) is 8.14. The first-order valence-electron chi connectivity index (χ1n) is 8.36. The van der Waals surface area contributed by atoms with Gasteiger partial charge in [-0.3, -0.25) is 9.59 Å². The molecule has 2 aromatic rings. The van der Waals surface area contributed by atoms with Crippen molar-refractivity contribution in [3.63, 3.8) is 0 Å². The van der Waals surface area contributed by atoms with E-state index in [9.17, 15) is 14.4 Å². The Labute approximate surface area is 176 Å². The Morgan fingerprint density at radius 2 is 1.79 bits per heavy atom. The quantitative estimate of drug-likeness (QED) is 0.567. The van der Waals surface area contributed by atoms with Gasteiger partial charge in [-0.1, -0.05) is 29.3 Å². The SMILES string of the molecule is COC(=O)c1cccc(NC2=C(Cl)C(=O)N(c3cc(C)c(Cl)cc3OC)C2=O)c1. The number of nitrogens with zero attached hydrogens (tertiary/aromatic N) is 1. The standard InChI is InChI=1S/C20H16Cl2N2O5/c1-10-7-14(15(28-2)9-13(10)21)24-18(25)16(22)17(19(24)26)23-12-6-4-5-11(8-12)20(27)29-3/h4-9,23H,1-3H3. The number of methoxy groups -OCH3 is 2. The van der Waals surface area contributed by atoms with E-state index < -0.39 is 17.8 Å². The van der Waals surface area contributed by atoms with E-state index in [-0.39, 0.29) is 27.7 Å². The summed E-state index contributed by atoms with van der Waals surface area (Å²) < 4.78 is 9.95. The maximum absolute atomic E-state index is 13.0. The maximum atomic E-state index is 13.0. The van der Waals surface area contributed by atoms with Crippen LogP contribution in [0.3, 0.4) is 0 Å². The molecular formula is C20H16Cl2N2O5. The molecule has 150 valence electrons. The number of carbonyl (C=O) groups is 3. The molecule has 9 heteroatoms. The summed E-state index contributed by atoms with van der Waals surface area (Å²) in [6.45, 7) is 1.74. The maximum Gasteiger partial charge on any atom is 0.337 e. The molecule has 7 nitrogen and oxygen atoms in total. The Bertz CT molecular complexity index is 1060. The van der Waals surface area contributed by atoms with Gasteiger partial charge < -0.3 is 14.8 Å². The van der Waals surface area contributed by atoms with Gasteiger partial charge in [0.25, 0.3) is 11.8 Å². The number of rotatable bonds is 5. The lowest BCUT2D eigenvalue weighted by atomic mass is 10.2. The third kappa shape index (κ3) is 3.79. The number of ether oxygens (including phenoxy) is 2. The van der Waals surface area contributed by atoms with E-state index in [0.717, 1.165) is 4.90 Å². The van der Waals surface area contributed by atoms with Crippen LogP contribution >= 0.6 is 23.2 Å². The monoisotopic (exact) mass is 434 g/mol. The molecule has 3 rings (SSSR count). The van der Waals surface area contributed by atoms with E-state index >= 15 is 0 Å². The molecule has 2 aromatic carbocycles. The first-order valence-corrected chi connectivity index (χ1v) is 9.12. The lowest BCUT2D eigenvalue weighted by Gasteiger charge is -2.19. The van der Waals surface area contributed by atoms with Crippen LogP contribution in [0, 0.1) is 6.92 Å². The van der Waals surface area contributed by atoms with Crippen LogP contribution in [-0.2, 0) is 14.3 Å². The molecule has 0 aromatic heterocycles. The number of imide groups is 1. The summed E-state index contributed by atoms with van der Waals surface area (Å²) in [5.41, 5.74) is 1.43. The smallest absolute Gasteiger partial charge is 0.337 e. The van der Waals surface area contributed by atoms with Gasteiger partial charge in [0.05, 0.1) is 25.5 Å². The van der Waals surface area contributed by atoms with Crippen LogP contribution in [0.4, 0.5) is 11.4 Å². The number of carbonyl (C=O) groups excluding carboxylic acids is 3. The zero-order chi connectivity index (χ0) is 21.3. The van der Waals surface area contributed by atoms with Gasteiger partial charge in [0.1, 0.15) is 16.5 Å². The normalized spacial score (nSPS) is 13.8. The molecule has 0 saturated heterocycles. The molecule has 0 saturated carbocycles. The Kier molecular flexibility index (Phi) is 5.81. The van der Waals surface area contributed by atoms with Gasteiger partial charge in [-0.2, -0.15) is 0 Å². The summed E-state index contributed by atoms with van der Waals surface area (Å²) in [5.74, 6) is -1.65. The minimum atomic E-state index is -0.705. The molecule has 29 heavy (non-hydrogen) atoms. The van der Waals surface area contributed by atoms with Crippen molar-refractivity contribution in [1.29, 1.82) is 0 Å². The predicted octanol–water partition coefficient (Wildman–Crippen LogP) is 3.88. The van der Waals surface area contributed by atoms with Crippen LogP contribution < -0.4 is 15.0 Å². The van der Waals surface area contributed by atoms with E-state index in [1.165, 1.54) is 26.4 Å². The molecule has 1 heterocycles. The first-order chi connectivity index (χ1) is 13.8. The summed E-state index contributed by atoms with van der Waals surface area (Å²) in [6.07, 6.45) is 0. The van der Waals surface area contributed by atoms with Crippen molar-refractivity contribution < 1.29 is 23.9 Å². The molecule has 0 unspecified atom stereocenters. The van der Waals surface area contributed by atoms with Crippen molar-refractivity contribution in [2.45, 2.75) is 6.92 Å². The number of hydrogen-bond acceptors (Lipinski definition) is 6. The number of benzene rings is 2.